The number of nitrogens with one attached hydrogen (secondary N) is 1. The Balaban J connectivity index is 1.83. The molecular weight excluding hydrogens is 407 g/mol. The van der Waals surface area contributed by atoms with E-state index in [0.29, 0.717) is 39.2 Å². The van der Waals surface area contributed by atoms with Crippen molar-refractivity contribution in [1.82, 2.24) is 14.3 Å². The van der Waals surface area contributed by atoms with Gasteiger partial charge >= 0.3 is 0 Å². The highest BCUT2D eigenvalue weighted by molar-refractivity contribution is 6.31. The third-order valence-corrected chi connectivity index (χ3v) is 4.83. The first-order chi connectivity index (χ1) is 14.5. The molecule has 6 nitrogen and oxygen atoms in total. The quantitative estimate of drug-likeness (QED) is 0.489. The summed E-state index contributed by atoms with van der Waals surface area (Å²) in [5, 5.41) is 7.87. The highest BCUT2D eigenvalue weighted by Crippen LogP contribution is 2.30. The number of amides is 1. The fraction of sp³-hybridized carbons (Fsp3) is 0.0909. The van der Waals surface area contributed by atoms with Crippen LogP contribution in [0.15, 0.2) is 67.0 Å². The van der Waals surface area contributed by atoms with Crippen LogP contribution >= 0.6 is 11.6 Å². The largest absolute Gasteiger partial charge is 0.495 e. The van der Waals surface area contributed by atoms with Gasteiger partial charge in [-0.25, -0.2) is 9.07 Å². The van der Waals surface area contributed by atoms with Crippen LogP contribution in [0.2, 0.25) is 5.02 Å². The van der Waals surface area contributed by atoms with Gasteiger partial charge < -0.3 is 14.6 Å². The minimum atomic E-state index is -0.370. The molecule has 2 aromatic carbocycles. The Bertz CT molecular complexity index is 1200. The Kier molecular flexibility index (Phi) is 5.29. The predicted molar refractivity (Wildman–Crippen MR) is 114 cm³/mol. The van der Waals surface area contributed by atoms with E-state index >= 15 is 0 Å². The summed E-state index contributed by atoms with van der Waals surface area (Å²) in [5.41, 5.74) is 1.96. The average molecular weight is 425 g/mol. The third-order valence-electron chi connectivity index (χ3n) is 4.59. The second-order valence-electron chi connectivity index (χ2n) is 6.56. The van der Waals surface area contributed by atoms with Gasteiger partial charge in [0.1, 0.15) is 17.1 Å². The van der Waals surface area contributed by atoms with E-state index < -0.39 is 0 Å². The molecule has 1 N–H and O–H groups in total. The summed E-state index contributed by atoms with van der Waals surface area (Å²) in [5.74, 6) is 0.294. The molecule has 0 spiro atoms. The maximum Gasteiger partial charge on any atom is 0.261 e. The van der Waals surface area contributed by atoms with E-state index in [1.54, 1.807) is 46.5 Å². The van der Waals surface area contributed by atoms with Crippen molar-refractivity contribution in [2.45, 2.75) is 6.92 Å². The van der Waals surface area contributed by atoms with Gasteiger partial charge in [-0.3, -0.25) is 4.79 Å². The van der Waals surface area contributed by atoms with Crippen molar-refractivity contribution in [1.29, 1.82) is 0 Å². The number of hydrogen-bond donors (Lipinski definition) is 1. The number of methoxy groups -OCH3 is 1. The summed E-state index contributed by atoms with van der Waals surface area (Å²) in [7, 11) is 1.52. The lowest BCUT2D eigenvalue weighted by Gasteiger charge is -2.13. The number of halogens is 2. The fourth-order valence-electron chi connectivity index (χ4n) is 3.22. The van der Waals surface area contributed by atoms with Gasteiger partial charge in [0.15, 0.2) is 5.82 Å². The first-order valence-electron chi connectivity index (χ1n) is 9.11. The number of benzene rings is 2. The number of aryl methyl sites for hydroxylation is 1. The zero-order valence-corrected chi connectivity index (χ0v) is 17.0. The number of carbonyl (C=O) groups is 1. The maximum atomic E-state index is 13.4. The Morgan fingerprint density at radius 2 is 1.83 bits per heavy atom. The van der Waals surface area contributed by atoms with Crippen LogP contribution in [0.3, 0.4) is 0 Å². The summed E-state index contributed by atoms with van der Waals surface area (Å²) in [4.78, 5) is 13.3. The molecule has 0 unspecified atom stereocenters. The van der Waals surface area contributed by atoms with Gasteiger partial charge in [-0.2, -0.15) is 5.10 Å². The zero-order chi connectivity index (χ0) is 21.3. The molecule has 0 fully saturated rings. The van der Waals surface area contributed by atoms with E-state index in [2.05, 4.69) is 10.4 Å². The van der Waals surface area contributed by atoms with E-state index in [9.17, 15) is 9.18 Å². The van der Waals surface area contributed by atoms with Crippen LogP contribution in [-0.4, -0.2) is 27.4 Å². The lowest BCUT2D eigenvalue weighted by Crippen LogP contribution is -2.16. The van der Waals surface area contributed by atoms with Crippen LogP contribution in [0.5, 0.6) is 5.75 Å². The van der Waals surface area contributed by atoms with E-state index in [1.165, 1.54) is 19.2 Å². The lowest BCUT2D eigenvalue weighted by atomic mass is 10.2. The first kappa shape index (κ1) is 19.7. The predicted octanol–water partition coefficient (Wildman–Crippen LogP) is 5.02. The molecule has 0 bridgehead atoms. The third kappa shape index (κ3) is 3.67. The van der Waals surface area contributed by atoms with Crippen molar-refractivity contribution >= 4 is 23.2 Å². The molecule has 0 atom stereocenters. The molecule has 4 rings (SSSR count). The molecule has 0 saturated heterocycles. The Morgan fingerprint density at radius 1 is 1.13 bits per heavy atom. The lowest BCUT2D eigenvalue weighted by molar-refractivity contribution is 0.102. The van der Waals surface area contributed by atoms with Crippen LogP contribution in [-0.2, 0) is 0 Å². The van der Waals surface area contributed by atoms with E-state index in [1.807, 2.05) is 24.5 Å². The second-order valence-corrected chi connectivity index (χ2v) is 7.00. The van der Waals surface area contributed by atoms with Crippen molar-refractivity contribution in [3.8, 4) is 17.3 Å². The van der Waals surface area contributed by atoms with E-state index in [-0.39, 0.29) is 11.7 Å². The van der Waals surface area contributed by atoms with Crippen molar-refractivity contribution < 1.29 is 13.9 Å². The van der Waals surface area contributed by atoms with Gasteiger partial charge in [0.25, 0.3) is 5.91 Å². The molecule has 0 aliphatic carbocycles. The smallest absolute Gasteiger partial charge is 0.261 e. The number of rotatable bonds is 5. The molecule has 0 saturated carbocycles. The molecule has 0 aliphatic rings. The SMILES string of the molecule is COc1ccc(Cl)cc1NC(=O)c1c(C)nn(-c2ccc(F)cc2)c1-n1cccc1. The molecule has 4 aromatic rings. The van der Waals surface area contributed by atoms with Crippen molar-refractivity contribution in [3.05, 3.63) is 89.1 Å². The van der Waals surface area contributed by atoms with Crippen LogP contribution in [0.4, 0.5) is 10.1 Å². The monoisotopic (exact) mass is 424 g/mol. The average Bonchev–Trinajstić information content (AvgIpc) is 3.36. The molecule has 2 aromatic heterocycles. The molecule has 30 heavy (non-hydrogen) atoms. The molecule has 8 heteroatoms. The number of carbonyl (C=O) groups excluding carboxylic acids is 1. The maximum absolute atomic E-state index is 13.4. The van der Waals surface area contributed by atoms with Crippen molar-refractivity contribution in [2.24, 2.45) is 0 Å². The minimum absolute atomic E-state index is 0.351. The van der Waals surface area contributed by atoms with Crippen molar-refractivity contribution in [3.63, 3.8) is 0 Å². The minimum Gasteiger partial charge on any atom is -0.495 e. The number of hydrogen-bond acceptors (Lipinski definition) is 3. The summed E-state index contributed by atoms with van der Waals surface area (Å²) in [6, 6.07) is 14.6. The molecule has 0 radical (unpaired) electrons. The molecule has 152 valence electrons. The van der Waals surface area contributed by atoms with Crippen LogP contribution in [0.1, 0.15) is 16.1 Å². The van der Waals surface area contributed by atoms with Crippen LogP contribution in [0, 0.1) is 12.7 Å². The fourth-order valence-corrected chi connectivity index (χ4v) is 3.39. The molecular formula is C22H18ClFN4O2. The van der Waals surface area contributed by atoms with Crippen LogP contribution in [0.25, 0.3) is 11.5 Å². The highest BCUT2D eigenvalue weighted by Gasteiger charge is 2.24. The van der Waals surface area contributed by atoms with Gasteiger partial charge in [0.05, 0.1) is 24.2 Å². The zero-order valence-electron chi connectivity index (χ0n) is 16.3. The normalized spacial score (nSPS) is 10.8. The number of aromatic nitrogens is 3. The number of ether oxygens (including phenoxy) is 1. The summed E-state index contributed by atoms with van der Waals surface area (Å²) in [6.45, 7) is 1.75. The van der Waals surface area contributed by atoms with E-state index in [0.717, 1.165) is 0 Å². The van der Waals surface area contributed by atoms with Gasteiger partial charge in [-0.15, -0.1) is 0 Å². The topological polar surface area (TPSA) is 61.1 Å². The first-order valence-corrected chi connectivity index (χ1v) is 9.49. The summed E-state index contributed by atoms with van der Waals surface area (Å²) in [6.07, 6.45) is 3.63. The Morgan fingerprint density at radius 3 is 2.50 bits per heavy atom. The van der Waals surface area contributed by atoms with Crippen molar-refractivity contribution in [2.75, 3.05) is 12.4 Å². The second kappa shape index (κ2) is 8.04. The molecule has 1 amide bonds. The Labute approximate surface area is 177 Å². The van der Waals surface area contributed by atoms with Gasteiger partial charge in [0.2, 0.25) is 0 Å². The van der Waals surface area contributed by atoms with Gasteiger partial charge in [-0.05, 0) is 61.5 Å². The van der Waals surface area contributed by atoms with Gasteiger partial charge in [0, 0.05) is 17.4 Å². The van der Waals surface area contributed by atoms with E-state index in [4.69, 9.17) is 16.3 Å². The highest BCUT2D eigenvalue weighted by atomic mass is 35.5. The number of nitrogens with zero attached hydrogens (tertiary/aromatic N) is 3. The summed E-state index contributed by atoms with van der Waals surface area (Å²) >= 11 is 6.09. The number of anilines is 1. The van der Waals surface area contributed by atoms with Gasteiger partial charge in [-0.1, -0.05) is 11.6 Å². The Hall–Kier alpha value is -3.58. The summed E-state index contributed by atoms with van der Waals surface area (Å²) < 4.78 is 22.1. The van der Waals surface area contributed by atoms with Crippen LogP contribution < -0.4 is 10.1 Å². The molecule has 0 aliphatic heterocycles. The standard InChI is InChI=1S/C22H18ClFN4O2/c1-14-20(21(29)25-18-13-15(23)5-10-19(18)30-2)22(27-11-3-4-12-27)28(26-14)17-8-6-16(24)7-9-17/h3-13H,1-2H3,(H,25,29). The molecule has 2 heterocycles.